The molecule has 2 fully saturated rings. The van der Waals surface area contributed by atoms with Crippen LogP contribution in [-0.4, -0.2) is 32.6 Å². The molecular weight excluding hydrogens is 240 g/mol. The fourth-order valence-corrected chi connectivity index (χ4v) is 3.54. The van der Waals surface area contributed by atoms with E-state index in [1.807, 2.05) is 6.92 Å². The average molecular weight is 262 g/mol. The van der Waals surface area contributed by atoms with Crippen LogP contribution in [0.3, 0.4) is 0 Å². The zero-order valence-electron chi connectivity index (χ0n) is 11.5. The number of carbonyl (C=O) groups is 1. The number of aromatic nitrogens is 3. The Kier molecular flexibility index (Phi) is 3.64. The fourth-order valence-electron chi connectivity index (χ4n) is 3.54. The predicted octanol–water partition coefficient (Wildman–Crippen LogP) is 1.79. The molecule has 5 nitrogen and oxygen atoms in total. The topological polar surface area (TPSA) is 59.8 Å². The third kappa shape index (κ3) is 2.43. The molecule has 0 amide bonds. The Morgan fingerprint density at radius 2 is 2.21 bits per heavy atom. The van der Waals surface area contributed by atoms with Crippen molar-refractivity contribution in [2.45, 2.75) is 64.1 Å². The molecule has 1 N–H and O–H groups in total. The molecule has 1 saturated heterocycles. The summed E-state index contributed by atoms with van der Waals surface area (Å²) in [6, 6.07) is 0.475. The predicted molar refractivity (Wildman–Crippen MR) is 71.9 cm³/mol. The van der Waals surface area contributed by atoms with Crippen molar-refractivity contribution in [1.82, 2.24) is 20.1 Å². The highest BCUT2D eigenvalue weighted by Gasteiger charge is 2.35. The number of piperidine rings is 1. The number of fused-ring (bicyclic) bond motifs is 1. The summed E-state index contributed by atoms with van der Waals surface area (Å²) < 4.78 is 1.69. The second-order valence-electron chi connectivity index (χ2n) is 5.71. The molecule has 2 aliphatic rings. The molecule has 0 bridgehead atoms. The summed E-state index contributed by atoms with van der Waals surface area (Å²) in [4.78, 5) is 16.7. The minimum Gasteiger partial charge on any atom is -0.304 e. The van der Waals surface area contributed by atoms with Crippen molar-refractivity contribution in [2.75, 3.05) is 0 Å². The number of hydrogen-bond donors (Lipinski definition) is 1. The SMILES string of the molecule is CCn1ncnc1C(=O)C1CCC2CCCCC2N1. The first-order chi connectivity index (χ1) is 9.29. The normalized spacial score (nSPS) is 30.9. The Morgan fingerprint density at radius 1 is 1.37 bits per heavy atom. The molecule has 3 atom stereocenters. The van der Waals surface area contributed by atoms with Crippen molar-refractivity contribution in [3.05, 3.63) is 12.2 Å². The second kappa shape index (κ2) is 5.41. The standard InChI is InChI=1S/C14H22N4O/c1-2-18-14(15-9-16-18)13(19)12-8-7-10-5-3-4-6-11(10)17-12/h9-12,17H,2-8H2,1H3. The fraction of sp³-hybridized carbons (Fsp3) is 0.786. The summed E-state index contributed by atoms with van der Waals surface area (Å²) >= 11 is 0. The van der Waals surface area contributed by atoms with Crippen molar-refractivity contribution in [2.24, 2.45) is 5.92 Å². The van der Waals surface area contributed by atoms with Gasteiger partial charge >= 0.3 is 0 Å². The summed E-state index contributed by atoms with van der Waals surface area (Å²) in [6.07, 6.45) is 8.78. The van der Waals surface area contributed by atoms with Crippen molar-refractivity contribution in [1.29, 1.82) is 0 Å². The quantitative estimate of drug-likeness (QED) is 0.844. The van der Waals surface area contributed by atoms with E-state index in [1.165, 1.54) is 38.4 Å². The van der Waals surface area contributed by atoms with Gasteiger partial charge < -0.3 is 5.32 Å². The van der Waals surface area contributed by atoms with E-state index in [-0.39, 0.29) is 11.8 Å². The Labute approximate surface area is 113 Å². The van der Waals surface area contributed by atoms with Gasteiger partial charge in [-0.15, -0.1) is 0 Å². The molecule has 104 valence electrons. The van der Waals surface area contributed by atoms with Crippen LogP contribution < -0.4 is 5.32 Å². The first-order valence-corrected chi connectivity index (χ1v) is 7.47. The zero-order valence-corrected chi connectivity index (χ0v) is 11.5. The van der Waals surface area contributed by atoms with E-state index in [9.17, 15) is 4.79 Å². The van der Waals surface area contributed by atoms with Gasteiger partial charge in [-0.1, -0.05) is 12.8 Å². The molecule has 1 aliphatic heterocycles. The summed E-state index contributed by atoms with van der Waals surface area (Å²) in [5.74, 6) is 1.40. The van der Waals surface area contributed by atoms with Gasteiger partial charge in [0.2, 0.25) is 5.78 Å². The van der Waals surface area contributed by atoms with Crippen LogP contribution in [-0.2, 0) is 6.54 Å². The lowest BCUT2D eigenvalue weighted by atomic mass is 9.77. The van der Waals surface area contributed by atoms with Gasteiger partial charge in [0.1, 0.15) is 6.33 Å². The first kappa shape index (κ1) is 12.8. The molecule has 0 radical (unpaired) electrons. The number of hydrogen-bond acceptors (Lipinski definition) is 4. The molecule has 5 heteroatoms. The lowest BCUT2D eigenvalue weighted by Gasteiger charge is -2.39. The van der Waals surface area contributed by atoms with Gasteiger partial charge in [0.15, 0.2) is 5.82 Å². The van der Waals surface area contributed by atoms with Gasteiger partial charge in [-0.3, -0.25) is 4.79 Å². The van der Waals surface area contributed by atoms with Gasteiger partial charge in [0.25, 0.3) is 0 Å². The highest BCUT2D eigenvalue weighted by Crippen LogP contribution is 2.32. The van der Waals surface area contributed by atoms with Crippen LogP contribution >= 0.6 is 0 Å². The maximum atomic E-state index is 12.5. The number of Topliss-reactive ketones (excluding diaryl/α,β-unsaturated/α-hetero) is 1. The number of rotatable bonds is 3. The van der Waals surface area contributed by atoms with E-state index >= 15 is 0 Å². The van der Waals surface area contributed by atoms with Crippen LogP contribution in [0.25, 0.3) is 0 Å². The smallest absolute Gasteiger partial charge is 0.216 e. The van der Waals surface area contributed by atoms with Gasteiger partial charge in [-0.05, 0) is 38.5 Å². The maximum Gasteiger partial charge on any atom is 0.216 e. The van der Waals surface area contributed by atoms with Crippen LogP contribution in [0, 0.1) is 5.92 Å². The van der Waals surface area contributed by atoms with Crippen molar-refractivity contribution in [3.8, 4) is 0 Å². The van der Waals surface area contributed by atoms with Crippen molar-refractivity contribution in [3.63, 3.8) is 0 Å². The van der Waals surface area contributed by atoms with Gasteiger partial charge in [-0.2, -0.15) is 5.10 Å². The second-order valence-corrected chi connectivity index (χ2v) is 5.71. The van der Waals surface area contributed by atoms with Crippen LogP contribution in [0.1, 0.15) is 56.1 Å². The van der Waals surface area contributed by atoms with Crippen LogP contribution in [0.5, 0.6) is 0 Å². The summed E-state index contributed by atoms with van der Waals surface area (Å²) in [7, 11) is 0. The van der Waals surface area contributed by atoms with E-state index in [0.717, 1.165) is 12.3 Å². The van der Waals surface area contributed by atoms with Crippen LogP contribution in [0.4, 0.5) is 0 Å². The Hall–Kier alpha value is -1.23. The Bertz CT molecular complexity index is 456. The number of nitrogens with one attached hydrogen (secondary N) is 1. The first-order valence-electron chi connectivity index (χ1n) is 7.47. The molecule has 0 aromatic carbocycles. The molecular formula is C14H22N4O. The van der Waals surface area contributed by atoms with E-state index in [4.69, 9.17) is 0 Å². The monoisotopic (exact) mass is 262 g/mol. The van der Waals surface area contributed by atoms with Gasteiger partial charge in [0.05, 0.1) is 6.04 Å². The Morgan fingerprint density at radius 3 is 3.05 bits per heavy atom. The van der Waals surface area contributed by atoms with Crippen LogP contribution in [0.2, 0.25) is 0 Å². The molecule has 3 unspecified atom stereocenters. The summed E-state index contributed by atoms with van der Waals surface area (Å²) in [5.41, 5.74) is 0. The highest BCUT2D eigenvalue weighted by molar-refractivity contribution is 5.97. The molecule has 1 saturated carbocycles. The molecule has 19 heavy (non-hydrogen) atoms. The van der Waals surface area contributed by atoms with E-state index in [0.29, 0.717) is 18.4 Å². The third-order valence-corrected chi connectivity index (χ3v) is 4.60. The van der Waals surface area contributed by atoms with Gasteiger partial charge in [-0.25, -0.2) is 9.67 Å². The summed E-state index contributed by atoms with van der Waals surface area (Å²) in [6.45, 7) is 2.68. The Balaban J connectivity index is 1.71. The zero-order chi connectivity index (χ0) is 13.2. The third-order valence-electron chi connectivity index (χ3n) is 4.60. The molecule has 0 spiro atoms. The van der Waals surface area contributed by atoms with E-state index < -0.39 is 0 Å². The van der Waals surface area contributed by atoms with E-state index in [2.05, 4.69) is 15.4 Å². The number of carbonyl (C=O) groups excluding carboxylic acids is 1. The van der Waals surface area contributed by atoms with Crippen molar-refractivity contribution >= 4 is 5.78 Å². The lowest BCUT2D eigenvalue weighted by molar-refractivity contribution is 0.0845. The molecule has 1 aromatic heterocycles. The van der Waals surface area contributed by atoms with E-state index in [1.54, 1.807) is 4.68 Å². The van der Waals surface area contributed by atoms with Gasteiger partial charge in [0, 0.05) is 12.6 Å². The largest absolute Gasteiger partial charge is 0.304 e. The number of aryl methyl sites for hydroxylation is 1. The minimum atomic E-state index is -0.0613. The molecule has 2 heterocycles. The summed E-state index contributed by atoms with van der Waals surface area (Å²) in [5, 5.41) is 7.65. The molecule has 1 aliphatic carbocycles. The minimum absolute atomic E-state index is 0.0613. The van der Waals surface area contributed by atoms with Crippen LogP contribution in [0.15, 0.2) is 6.33 Å². The van der Waals surface area contributed by atoms with Crippen molar-refractivity contribution < 1.29 is 4.79 Å². The average Bonchev–Trinajstić information content (AvgIpc) is 2.94. The highest BCUT2D eigenvalue weighted by atomic mass is 16.1. The molecule has 3 rings (SSSR count). The number of ketones is 1. The maximum absolute atomic E-state index is 12.5. The molecule has 1 aromatic rings. The number of nitrogens with zero attached hydrogens (tertiary/aromatic N) is 3. The lowest BCUT2D eigenvalue weighted by Crippen LogP contribution is -2.52.